The highest BCUT2D eigenvalue weighted by molar-refractivity contribution is 5.94. The Balaban J connectivity index is 0.00000106. The molecule has 1 aliphatic rings. The van der Waals surface area contributed by atoms with E-state index in [0.717, 1.165) is 24.0 Å². The van der Waals surface area contributed by atoms with Crippen LogP contribution in [0.5, 0.6) is 0 Å². The number of hydrogen-bond acceptors (Lipinski definition) is 1. The molecule has 1 saturated carbocycles. The van der Waals surface area contributed by atoms with Crippen molar-refractivity contribution in [3.63, 3.8) is 0 Å². The first-order chi connectivity index (χ1) is 9.70. The van der Waals surface area contributed by atoms with Crippen LogP contribution in [-0.4, -0.2) is 18.6 Å². The van der Waals surface area contributed by atoms with Crippen molar-refractivity contribution in [3.05, 3.63) is 34.9 Å². The van der Waals surface area contributed by atoms with E-state index in [0.29, 0.717) is 5.56 Å². The fourth-order valence-corrected chi connectivity index (χ4v) is 2.02. The largest absolute Gasteiger partial charge is 0.405 e. The Labute approximate surface area is 123 Å². The molecule has 0 spiro atoms. The number of rotatable bonds is 3. The third-order valence-electron chi connectivity index (χ3n) is 3.49. The lowest BCUT2D eigenvalue weighted by molar-refractivity contribution is -0.123. The maximum absolute atomic E-state index is 12.1. The summed E-state index contributed by atoms with van der Waals surface area (Å²) in [4.78, 5) is 11.7. The van der Waals surface area contributed by atoms with Gasteiger partial charge < -0.3 is 5.32 Å². The fourth-order valence-electron chi connectivity index (χ4n) is 2.02. The monoisotopic (exact) mass is 301 g/mol. The SMILES string of the molecule is CC.Cc1cc(C(=O)NCC(F)(F)F)cc(C2(C)CC2)c1. The number of hydrogen-bond donors (Lipinski definition) is 1. The fraction of sp³-hybridized carbons (Fsp3) is 0.562. The predicted octanol–water partition coefficient (Wildman–Crippen LogP) is 4.36. The molecule has 0 unspecified atom stereocenters. The van der Waals surface area contributed by atoms with Crippen molar-refractivity contribution in [2.45, 2.75) is 52.1 Å². The first-order valence-electron chi connectivity index (χ1n) is 7.17. The first kappa shape index (κ1) is 17.5. The van der Waals surface area contributed by atoms with E-state index in [1.807, 2.05) is 32.2 Å². The van der Waals surface area contributed by atoms with Gasteiger partial charge in [0, 0.05) is 5.56 Å². The molecule has 0 saturated heterocycles. The van der Waals surface area contributed by atoms with E-state index >= 15 is 0 Å². The Morgan fingerprint density at radius 2 is 1.81 bits per heavy atom. The Bertz CT molecular complexity index is 505. The Morgan fingerprint density at radius 3 is 2.29 bits per heavy atom. The van der Waals surface area contributed by atoms with Gasteiger partial charge >= 0.3 is 6.18 Å². The number of aryl methyl sites for hydroxylation is 1. The van der Waals surface area contributed by atoms with Crippen LogP contribution in [0.25, 0.3) is 0 Å². The summed E-state index contributed by atoms with van der Waals surface area (Å²) in [5.41, 5.74) is 2.31. The van der Waals surface area contributed by atoms with E-state index in [-0.39, 0.29) is 5.41 Å². The van der Waals surface area contributed by atoms with Crippen LogP contribution in [0.3, 0.4) is 0 Å². The summed E-state index contributed by atoms with van der Waals surface area (Å²) in [6, 6.07) is 5.31. The van der Waals surface area contributed by atoms with E-state index in [9.17, 15) is 18.0 Å². The van der Waals surface area contributed by atoms with Crippen LogP contribution >= 0.6 is 0 Å². The van der Waals surface area contributed by atoms with Gasteiger partial charge in [-0.1, -0.05) is 32.4 Å². The summed E-state index contributed by atoms with van der Waals surface area (Å²) in [5.74, 6) is -0.675. The predicted molar refractivity (Wildman–Crippen MR) is 77.5 cm³/mol. The zero-order valence-electron chi connectivity index (χ0n) is 12.9. The summed E-state index contributed by atoms with van der Waals surface area (Å²) in [6.45, 7) is 6.64. The molecule has 2 rings (SSSR count). The van der Waals surface area contributed by atoms with E-state index in [2.05, 4.69) is 6.92 Å². The molecule has 0 atom stereocenters. The van der Waals surface area contributed by atoms with Crippen LogP contribution in [0.1, 0.15) is 55.1 Å². The van der Waals surface area contributed by atoms with Gasteiger partial charge in [-0.05, 0) is 42.9 Å². The van der Waals surface area contributed by atoms with Crippen LogP contribution < -0.4 is 5.32 Å². The van der Waals surface area contributed by atoms with Gasteiger partial charge in [0.25, 0.3) is 5.91 Å². The molecule has 1 amide bonds. The smallest absolute Gasteiger partial charge is 0.343 e. The topological polar surface area (TPSA) is 29.1 Å². The average Bonchev–Trinajstić information content (AvgIpc) is 3.16. The van der Waals surface area contributed by atoms with Crippen molar-refractivity contribution in [1.29, 1.82) is 0 Å². The minimum Gasteiger partial charge on any atom is -0.343 e. The summed E-state index contributed by atoms with van der Waals surface area (Å²) in [7, 11) is 0. The molecule has 1 aliphatic carbocycles. The molecule has 0 bridgehead atoms. The van der Waals surface area contributed by atoms with Crippen LogP contribution in [-0.2, 0) is 5.41 Å². The Kier molecular flexibility index (Phi) is 5.42. The second-order valence-corrected chi connectivity index (χ2v) is 5.45. The molecule has 0 aliphatic heterocycles. The van der Waals surface area contributed by atoms with Gasteiger partial charge in [0.1, 0.15) is 6.54 Å². The third kappa shape index (κ3) is 5.06. The van der Waals surface area contributed by atoms with Gasteiger partial charge in [-0.25, -0.2) is 0 Å². The minimum absolute atomic E-state index is 0.0884. The number of halogens is 3. The molecule has 1 N–H and O–H groups in total. The van der Waals surface area contributed by atoms with Crippen molar-refractivity contribution in [2.24, 2.45) is 0 Å². The quantitative estimate of drug-likeness (QED) is 0.882. The van der Waals surface area contributed by atoms with Crippen LogP contribution in [0.4, 0.5) is 13.2 Å². The number of benzene rings is 1. The molecule has 1 aromatic carbocycles. The third-order valence-corrected chi connectivity index (χ3v) is 3.49. The van der Waals surface area contributed by atoms with E-state index in [1.54, 1.807) is 12.1 Å². The molecule has 5 heteroatoms. The molecular formula is C16H22F3NO. The maximum atomic E-state index is 12.1. The van der Waals surface area contributed by atoms with Gasteiger partial charge in [0.2, 0.25) is 0 Å². The Hall–Kier alpha value is -1.52. The van der Waals surface area contributed by atoms with Gasteiger partial charge in [-0.15, -0.1) is 0 Å². The molecule has 2 nitrogen and oxygen atoms in total. The number of alkyl halides is 3. The molecule has 1 fully saturated rings. The minimum atomic E-state index is -4.38. The maximum Gasteiger partial charge on any atom is 0.405 e. The van der Waals surface area contributed by atoms with Gasteiger partial charge in [-0.2, -0.15) is 13.2 Å². The normalized spacial score (nSPS) is 15.8. The summed E-state index contributed by atoms with van der Waals surface area (Å²) in [5, 5.41) is 1.90. The van der Waals surface area contributed by atoms with Gasteiger partial charge in [-0.3, -0.25) is 4.79 Å². The lowest BCUT2D eigenvalue weighted by Gasteiger charge is -2.13. The first-order valence-corrected chi connectivity index (χ1v) is 7.17. The number of nitrogens with one attached hydrogen (secondary N) is 1. The highest BCUT2D eigenvalue weighted by atomic mass is 19.4. The lowest BCUT2D eigenvalue weighted by atomic mass is 9.94. The van der Waals surface area contributed by atoms with Crippen LogP contribution in [0.2, 0.25) is 0 Å². The van der Waals surface area contributed by atoms with Crippen molar-refractivity contribution in [2.75, 3.05) is 6.54 Å². The molecular weight excluding hydrogens is 279 g/mol. The zero-order valence-corrected chi connectivity index (χ0v) is 12.9. The standard InChI is InChI=1S/C14H16F3NO.C2H6/c1-9-5-10(12(19)18-8-14(15,16)17)7-11(6-9)13(2)3-4-13;1-2/h5-7H,3-4,8H2,1-2H3,(H,18,19);1-2H3. The van der Waals surface area contributed by atoms with Gasteiger partial charge in [0.05, 0.1) is 0 Å². The van der Waals surface area contributed by atoms with E-state index in [4.69, 9.17) is 0 Å². The van der Waals surface area contributed by atoms with Crippen molar-refractivity contribution < 1.29 is 18.0 Å². The molecule has 0 radical (unpaired) electrons. The average molecular weight is 301 g/mol. The highest BCUT2D eigenvalue weighted by Crippen LogP contribution is 2.47. The number of carbonyl (C=O) groups excluding carboxylic acids is 1. The summed E-state index contributed by atoms with van der Waals surface area (Å²) in [6.07, 6.45) is -2.27. The molecule has 0 aromatic heterocycles. The van der Waals surface area contributed by atoms with Crippen molar-refractivity contribution >= 4 is 5.91 Å². The number of amides is 1. The Morgan fingerprint density at radius 1 is 1.24 bits per heavy atom. The second-order valence-electron chi connectivity index (χ2n) is 5.45. The van der Waals surface area contributed by atoms with Gasteiger partial charge in [0.15, 0.2) is 0 Å². The highest BCUT2D eigenvalue weighted by Gasteiger charge is 2.39. The lowest BCUT2D eigenvalue weighted by Crippen LogP contribution is -2.33. The van der Waals surface area contributed by atoms with Crippen molar-refractivity contribution in [1.82, 2.24) is 5.32 Å². The zero-order chi connectivity index (χ0) is 16.3. The molecule has 21 heavy (non-hydrogen) atoms. The summed E-state index contributed by atoms with van der Waals surface area (Å²) >= 11 is 0. The second kappa shape index (κ2) is 6.50. The van der Waals surface area contributed by atoms with Crippen LogP contribution in [0, 0.1) is 6.92 Å². The summed E-state index contributed by atoms with van der Waals surface area (Å²) < 4.78 is 36.2. The van der Waals surface area contributed by atoms with Crippen LogP contribution in [0.15, 0.2) is 18.2 Å². The number of carbonyl (C=O) groups is 1. The molecule has 1 aromatic rings. The van der Waals surface area contributed by atoms with E-state index in [1.165, 1.54) is 0 Å². The molecule has 118 valence electrons. The molecule has 0 heterocycles. The van der Waals surface area contributed by atoms with E-state index < -0.39 is 18.6 Å². The van der Waals surface area contributed by atoms with Crippen molar-refractivity contribution in [3.8, 4) is 0 Å².